The monoisotopic (exact) mass is 240 g/mol. The van der Waals surface area contributed by atoms with Crippen molar-refractivity contribution in [2.45, 2.75) is 6.42 Å². The minimum absolute atomic E-state index is 0.118. The van der Waals surface area contributed by atoms with Gasteiger partial charge < -0.3 is 14.9 Å². The van der Waals surface area contributed by atoms with Crippen LogP contribution < -0.4 is 4.74 Å². The Balaban J connectivity index is 1.89. The second-order valence-electron chi connectivity index (χ2n) is 4.25. The quantitative estimate of drug-likeness (QED) is 0.753. The van der Waals surface area contributed by atoms with Gasteiger partial charge in [-0.3, -0.25) is 0 Å². The van der Waals surface area contributed by atoms with Crippen molar-refractivity contribution in [2.75, 3.05) is 0 Å². The van der Waals surface area contributed by atoms with Gasteiger partial charge in [-0.2, -0.15) is 0 Å². The van der Waals surface area contributed by atoms with Crippen molar-refractivity contribution >= 4 is 6.08 Å². The van der Waals surface area contributed by atoms with Crippen LogP contribution in [0.25, 0.3) is 6.08 Å². The first-order chi connectivity index (χ1) is 8.72. The highest BCUT2D eigenvalue weighted by Gasteiger charge is 2.16. The maximum Gasteiger partial charge on any atom is 0.157 e. The molecule has 3 heteroatoms. The van der Waals surface area contributed by atoms with Gasteiger partial charge in [0.15, 0.2) is 11.5 Å². The summed E-state index contributed by atoms with van der Waals surface area (Å²) in [6.45, 7) is 0. The van der Waals surface area contributed by atoms with Gasteiger partial charge in [0.05, 0.1) is 0 Å². The Morgan fingerprint density at radius 1 is 1.00 bits per heavy atom. The minimum Gasteiger partial charge on any atom is -0.504 e. The number of para-hydroxylation sites is 1. The number of rotatable bonds is 1. The van der Waals surface area contributed by atoms with Crippen molar-refractivity contribution < 1.29 is 14.9 Å². The van der Waals surface area contributed by atoms with Gasteiger partial charge in [0.2, 0.25) is 0 Å². The number of benzene rings is 2. The molecule has 0 amide bonds. The number of allylic oxidation sites excluding steroid dienone is 1. The molecule has 3 nitrogen and oxygen atoms in total. The number of phenols is 2. The molecule has 0 unspecified atom stereocenters. The Labute approximate surface area is 105 Å². The van der Waals surface area contributed by atoms with Gasteiger partial charge >= 0.3 is 0 Å². The predicted molar refractivity (Wildman–Crippen MR) is 68.5 cm³/mol. The van der Waals surface area contributed by atoms with E-state index in [4.69, 9.17) is 4.74 Å². The van der Waals surface area contributed by atoms with Crippen LogP contribution in [0.4, 0.5) is 0 Å². The highest BCUT2D eigenvalue weighted by atomic mass is 16.5. The summed E-state index contributed by atoms with van der Waals surface area (Å²) in [5, 5.41) is 18.7. The topological polar surface area (TPSA) is 49.7 Å². The number of fused-ring (bicyclic) bond motifs is 1. The first-order valence-corrected chi connectivity index (χ1v) is 5.71. The van der Waals surface area contributed by atoms with Crippen LogP contribution in [0.1, 0.15) is 11.1 Å². The molecule has 2 N–H and O–H groups in total. The van der Waals surface area contributed by atoms with E-state index in [-0.39, 0.29) is 11.5 Å². The zero-order valence-electron chi connectivity index (χ0n) is 9.63. The molecule has 1 aliphatic heterocycles. The molecular formula is C15H12O3. The van der Waals surface area contributed by atoms with Gasteiger partial charge in [-0.15, -0.1) is 0 Å². The van der Waals surface area contributed by atoms with Crippen LogP contribution in [0.2, 0.25) is 0 Å². The number of ether oxygens (including phenoxy) is 1. The molecule has 3 rings (SSSR count). The van der Waals surface area contributed by atoms with E-state index in [1.807, 2.05) is 30.3 Å². The summed E-state index contributed by atoms with van der Waals surface area (Å²) in [5.74, 6) is 1.47. The maximum absolute atomic E-state index is 9.43. The summed E-state index contributed by atoms with van der Waals surface area (Å²) in [6, 6.07) is 12.6. The molecule has 90 valence electrons. The number of aromatic hydroxyl groups is 2. The van der Waals surface area contributed by atoms with Gasteiger partial charge in [0, 0.05) is 12.0 Å². The van der Waals surface area contributed by atoms with Gasteiger partial charge in [-0.05, 0) is 29.8 Å². The van der Waals surface area contributed by atoms with Crippen LogP contribution in [0.15, 0.2) is 48.2 Å². The van der Waals surface area contributed by atoms with Crippen LogP contribution in [0, 0.1) is 0 Å². The van der Waals surface area contributed by atoms with E-state index in [0.717, 1.165) is 29.1 Å². The number of hydrogen-bond donors (Lipinski definition) is 2. The summed E-state index contributed by atoms with van der Waals surface area (Å²) in [6.07, 6.45) is 2.61. The highest BCUT2D eigenvalue weighted by molar-refractivity contribution is 5.59. The lowest BCUT2D eigenvalue weighted by Crippen LogP contribution is -1.87. The SMILES string of the molecule is Oc1ccc(/C=C2/Cc3ccccc3O2)cc1O. The molecule has 0 aliphatic carbocycles. The molecule has 2 aromatic rings. The second-order valence-corrected chi connectivity index (χ2v) is 4.25. The summed E-state index contributed by atoms with van der Waals surface area (Å²) < 4.78 is 5.70. The lowest BCUT2D eigenvalue weighted by Gasteiger charge is -2.01. The molecule has 0 spiro atoms. The van der Waals surface area contributed by atoms with E-state index in [1.165, 1.54) is 12.1 Å². The number of hydrogen-bond acceptors (Lipinski definition) is 3. The van der Waals surface area contributed by atoms with Gasteiger partial charge in [-0.1, -0.05) is 24.3 Å². The molecule has 0 saturated carbocycles. The van der Waals surface area contributed by atoms with Crippen LogP contribution in [0.5, 0.6) is 17.2 Å². The van der Waals surface area contributed by atoms with E-state index >= 15 is 0 Å². The van der Waals surface area contributed by atoms with Gasteiger partial charge in [0.1, 0.15) is 11.5 Å². The molecule has 0 atom stereocenters. The lowest BCUT2D eigenvalue weighted by molar-refractivity contribution is 0.403. The predicted octanol–water partition coefficient (Wildman–Crippen LogP) is 3.07. The maximum atomic E-state index is 9.43. The van der Waals surface area contributed by atoms with E-state index in [9.17, 15) is 10.2 Å². The highest BCUT2D eigenvalue weighted by Crippen LogP contribution is 2.32. The molecule has 0 aromatic heterocycles. The number of phenolic OH excluding ortho intramolecular Hbond substituents is 2. The van der Waals surface area contributed by atoms with Crippen molar-refractivity contribution in [3.05, 3.63) is 59.4 Å². The summed E-state index contributed by atoms with van der Waals surface area (Å²) in [4.78, 5) is 0. The zero-order valence-corrected chi connectivity index (χ0v) is 9.63. The third-order valence-corrected chi connectivity index (χ3v) is 2.91. The van der Waals surface area contributed by atoms with Crippen molar-refractivity contribution in [3.8, 4) is 17.2 Å². The minimum atomic E-state index is -0.125. The Bertz CT molecular complexity index is 602. The second kappa shape index (κ2) is 4.11. The molecule has 2 aromatic carbocycles. The summed E-state index contributed by atoms with van der Waals surface area (Å²) in [5.41, 5.74) is 1.96. The van der Waals surface area contributed by atoms with Crippen LogP contribution >= 0.6 is 0 Å². The van der Waals surface area contributed by atoms with Crippen LogP contribution in [-0.2, 0) is 6.42 Å². The first kappa shape index (κ1) is 10.7. The molecule has 0 radical (unpaired) electrons. The summed E-state index contributed by atoms with van der Waals surface area (Å²) in [7, 11) is 0. The Hall–Kier alpha value is -2.42. The molecule has 0 saturated heterocycles. The molecule has 1 heterocycles. The van der Waals surface area contributed by atoms with Crippen LogP contribution in [0.3, 0.4) is 0 Å². The normalized spacial score (nSPS) is 15.4. The molecule has 1 aliphatic rings. The molecular weight excluding hydrogens is 228 g/mol. The van der Waals surface area contributed by atoms with Crippen molar-refractivity contribution in [1.29, 1.82) is 0 Å². The van der Waals surface area contributed by atoms with Crippen LogP contribution in [-0.4, -0.2) is 10.2 Å². The third-order valence-electron chi connectivity index (χ3n) is 2.91. The van der Waals surface area contributed by atoms with E-state index in [1.54, 1.807) is 6.07 Å². The van der Waals surface area contributed by atoms with E-state index < -0.39 is 0 Å². The molecule has 18 heavy (non-hydrogen) atoms. The lowest BCUT2D eigenvalue weighted by atomic mass is 10.1. The molecule has 0 fully saturated rings. The first-order valence-electron chi connectivity index (χ1n) is 5.71. The average molecular weight is 240 g/mol. The van der Waals surface area contributed by atoms with E-state index in [2.05, 4.69) is 0 Å². The Kier molecular flexibility index (Phi) is 2.45. The van der Waals surface area contributed by atoms with Crippen molar-refractivity contribution in [2.24, 2.45) is 0 Å². The smallest absolute Gasteiger partial charge is 0.157 e. The fourth-order valence-electron chi connectivity index (χ4n) is 2.01. The van der Waals surface area contributed by atoms with Crippen molar-refractivity contribution in [1.82, 2.24) is 0 Å². The summed E-state index contributed by atoms with van der Waals surface area (Å²) >= 11 is 0. The largest absolute Gasteiger partial charge is 0.504 e. The fourth-order valence-corrected chi connectivity index (χ4v) is 2.01. The van der Waals surface area contributed by atoms with Gasteiger partial charge in [0.25, 0.3) is 0 Å². The van der Waals surface area contributed by atoms with Crippen molar-refractivity contribution in [3.63, 3.8) is 0 Å². The Morgan fingerprint density at radius 2 is 1.83 bits per heavy atom. The van der Waals surface area contributed by atoms with Gasteiger partial charge in [-0.25, -0.2) is 0 Å². The average Bonchev–Trinajstić information content (AvgIpc) is 2.76. The fraction of sp³-hybridized carbons (Fsp3) is 0.0667. The zero-order chi connectivity index (χ0) is 12.5. The Morgan fingerprint density at radius 3 is 2.61 bits per heavy atom. The standard InChI is InChI=1S/C15H12O3/c16-13-6-5-10(8-14(13)17)7-12-9-11-3-1-2-4-15(11)18-12/h1-8,16-17H,9H2/b12-7-. The van der Waals surface area contributed by atoms with E-state index in [0.29, 0.717) is 0 Å². The molecule has 0 bridgehead atoms. The third kappa shape index (κ3) is 1.91.